The van der Waals surface area contributed by atoms with Crippen molar-refractivity contribution in [3.63, 3.8) is 0 Å². The van der Waals surface area contributed by atoms with Crippen molar-refractivity contribution in [2.24, 2.45) is 0 Å². The zero-order valence-corrected chi connectivity index (χ0v) is 13.8. The van der Waals surface area contributed by atoms with Crippen LogP contribution in [0.1, 0.15) is 37.7 Å². The van der Waals surface area contributed by atoms with Gasteiger partial charge in [0.2, 0.25) is 11.8 Å². The molecule has 3 rings (SSSR count). The Balaban J connectivity index is 2.09. The number of anilines is 1. The molecule has 0 spiro atoms. The Morgan fingerprint density at radius 1 is 1.13 bits per heavy atom. The summed E-state index contributed by atoms with van der Waals surface area (Å²) in [7, 11) is 0. The molecule has 2 aliphatic heterocycles. The van der Waals surface area contributed by atoms with Gasteiger partial charge in [-0.25, -0.2) is 8.78 Å². The monoisotopic (exact) mass is 362 g/mol. The Morgan fingerprint density at radius 3 is 2.17 bits per heavy atom. The van der Waals surface area contributed by atoms with E-state index < -0.39 is 34.9 Å². The number of hydrogen-bond acceptors (Lipinski definition) is 3. The van der Waals surface area contributed by atoms with E-state index in [9.17, 15) is 18.4 Å². The van der Waals surface area contributed by atoms with Crippen LogP contribution in [-0.4, -0.2) is 24.4 Å². The first-order chi connectivity index (χ1) is 10.8. The summed E-state index contributed by atoms with van der Waals surface area (Å²) < 4.78 is 29.4. The molecule has 1 aromatic carbocycles. The standard InChI is InChI=1S/C15H14Cl2F2N2O2/c1-6-4-5-21(6)14-10(16)12(18)9(13(19)11(14)17)7-2-3-8(22)20-15(7)23/h6-7H,2-5H2,1H3,(H,20,22,23). The summed E-state index contributed by atoms with van der Waals surface area (Å²) >= 11 is 12.2. The molecule has 0 aliphatic carbocycles. The second kappa shape index (κ2) is 5.91. The van der Waals surface area contributed by atoms with Crippen molar-refractivity contribution in [2.75, 3.05) is 11.4 Å². The van der Waals surface area contributed by atoms with Gasteiger partial charge in [-0.3, -0.25) is 14.9 Å². The number of nitrogens with zero attached hydrogens (tertiary/aromatic N) is 1. The lowest BCUT2D eigenvalue weighted by atomic mass is 9.89. The van der Waals surface area contributed by atoms with Gasteiger partial charge in [-0.05, 0) is 19.8 Å². The third-order valence-corrected chi connectivity index (χ3v) is 5.16. The predicted octanol–water partition coefficient (Wildman–Crippen LogP) is 3.39. The highest BCUT2D eigenvalue weighted by atomic mass is 35.5. The van der Waals surface area contributed by atoms with Crippen LogP contribution in [-0.2, 0) is 9.59 Å². The molecule has 4 nitrogen and oxygen atoms in total. The first kappa shape index (κ1) is 16.5. The number of imide groups is 1. The molecule has 0 saturated carbocycles. The van der Waals surface area contributed by atoms with E-state index in [-0.39, 0.29) is 34.6 Å². The van der Waals surface area contributed by atoms with Gasteiger partial charge in [0.1, 0.15) is 10.0 Å². The summed E-state index contributed by atoms with van der Waals surface area (Å²) in [6.45, 7) is 2.51. The average molecular weight is 363 g/mol. The molecule has 2 aliphatic rings. The maximum absolute atomic E-state index is 14.7. The highest BCUT2D eigenvalue weighted by Crippen LogP contribution is 2.45. The number of benzene rings is 1. The van der Waals surface area contributed by atoms with Crippen LogP contribution >= 0.6 is 23.2 Å². The topological polar surface area (TPSA) is 49.4 Å². The van der Waals surface area contributed by atoms with Gasteiger partial charge in [-0.1, -0.05) is 23.2 Å². The number of hydrogen-bond donors (Lipinski definition) is 1. The smallest absolute Gasteiger partial charge is 0.234 e. The van der Waals surface area contributed by atoms with Gasteiger partial charge in [0.05, 0.1) is 11.6 Å². The molecule has 1 aromatic rings. The van der Waals surface area contributed by atoms with Gasteiger partial charge in [-0.2, -0.15) is 0 Å². The number of piperidine rings is 1. The molecule has 2 atom stereocenters. The third kappa shape index (κ3) is 2.58. The van der Waals surface area contributed by atoms with Crippen LogP contribution in [0.15, 0.2) is 0 Å². The zero-order chi connectivity index (χ0) is 16.9. The lowest BCUT2D eigenvalue weighted by Gasteiger charge is -2.42. The summed E-state index contributed by atoms with van der Waals surface area (Å²) in [6, 6.07) is 0.0882. The van der Waals surface area contributed by atoms with E-state index in [1.807, 2.05) is 6.92 Å². The minimum atomic E-state index is -1.12. The van der Waals surface area contributed by atoms with E-state index in [1.165, 1.54) is 0 Å². The molecular formula is C15H14Cl2F2N2O2. The van der Waals surface area contributed by atoms with Crippen molar-refractivity contribution in [3.05, 3.63) is 27.2 Å². The van der Waals surface area contributed by atoms with Gasteiger partial charge in [0.15, 0.2) is 11.6 Å². The van der Waals surface area contributed by atoms with E-state index in [2.05, 4.69) is 5.32 Å². The van der Waals surface area contributed by atoms with Crippen LogP contribution in [0.5, 0.6) is 0 Å². The van der Waals surface area contributed by atoms with Crippen LogP contribution in [0, 0.1) is 11.6 Å². The highest BCUT2D eigenvalue weighted by Gasteiger charge is 2.38. The summed E-state index contributed by atoms with van der Waals surface area (Å²) in [4.78, 5) is 24.8. The van der Waals surface area contributed by atoms with Crippen LogP contribution < -0.4 is 10.2 Å². The van der Waals surface area contributed by atoms with Crippen LogP contribution in [0.4, 0.5) is 14.5 Å². The van der Waals surface area contributed by atoms with Gasteiger partial charge >= 0.3 is 0 Å². The fraction of sp³-hybridized carbons (Fsp3) is 0.467. The fourth-order valence-corrected chi connectivity index (χ4v) is 3.67. The maximum atomic E-state index is 14.7. The Hall–Kier alpha value is -1.40. The molecule has 2 saturated heterocycles. The molecule has 2 amide bonds. The van der Waals surface area contributed by atoms with Crippen molar-refractivity contribution in [2.45, 2.75) is 38.1 Å². The van der Waals surface area contributed by atoms with Crippen LogP contribution in [0.25, 0.3) is 0 Å². The van der Waals surface area contributed by atoms with Gasteiger partial charge < -0.3 is 4.90 Å². The Kier molecular flexibility index (Phi) is 4.23. The molecule has 2 fully saturated rings. The first-order valence-electron chi connectivity index (χ1n) is 7.29. The van der Waals surface area contributed by atoms with Crippen molar-refractivity contribution in [1.29, 1.82) is 0 Å². The minimum Gasteiger partial charge on any atom is -0.366 e. The quantitative estimate of drug-likeness (QED) is 0.647. The summed E-state index contributed by atoms with van der Waals surface area (Å²) in [6.07, 6.45) is 0.908. The molecule has 0 radical (unpaired) electrons. The zero-order valence-electron chi connectivity index (χ0n) is 12.3. The number of nitrogens with one attached hydrogen (secondary N) is 1. The van der Waals surface area contributed by atoms with Crippen molar-refractivity contribution < 1.29 is 18.4 Å². The predicted molar refractivity (Wildman–Crippen MR) is 82.9 cm³/mol. The average Bonchev–Trinajstić information content (AvgIpc) is 2.50. The van der Waals surface area contributed by atoms with E-state index in [4.69, 9.17) is 23.2 Å². The second-order valence-electron chi connectivity index (χ2n) is 5.85. The number of carbonyl (C=O) groups is 2. The molecule has 0 bridgehead atoms. The number of halogens is 4. The molecule has 23 heavy (non-hydrogen) atoms. The molecule has 1 N–H and O–H groups in total. The van der Waals surface area contributed by atoms with E-state index in [1.54, 1.807) is 4.90 Å². The van der Waals surface area contributed by atoms with Gasteiger partial charge in [0.25, 0.3) is 0 Å². The Morgan fingerprint density at radius 2 is 1.74 bits per heavy atom. The molecule has 2 unspecified atom stereocenters. The number of amides is 2. The summed E-state index contributed by atoms with van der Waals surface area (Å²) in [5.41, 5.74) is -0.347. The highest BCUT2D eigenvalue weighted by molar-refractivity contribution is 6.39. The summed E-state index contributed by atoms with van der Waals surface area (Å²) in [5, 5.41) is 1.50. The van der Waals surface area contributed by atoms with Crippen molar-refractivity contribution in [1.82, 2.24) is 5.32 Å². The molecule has 2 heterocycles. The SMILES string of the molecule is CC1CCN1c1c(Cl)c(F)c(C2CCC(=O)NC2=O)c(F)c1Cl. The minimum absolute atomic E-state index is 0.00936. The van der Waals surface area contributed by atoms with Crippen LogP contribution in [0.2, 0.25) is 10.0 Å². The lowest BCUT2D eigenvalue weighted by molar-refractivity contribution is -0.134. The first-order valence-corrected chi connectivity index (χ1v) is 8.04. The summed E-state index contributed by atoms with van der Waals surface area (Å²) in [5.74, 6) is -4.30. The van der Waals surface area contributed by atoms with E-state index in [0.717, 1.165) is 6.42 Å². The second-order valence-corrected chi connectivity index (χ2v) is 6.61. The lowest BCUT2D eigenvalue weighted by Crippen LogP contribution is -2.46. The molecular weight excluding hydrogens is 349 g/mol. The third-order valence-electron chi connectivity index (χ3n) is 4.47. The van der Waals surface area contributed by atoms with Crippen LogP contribution in [0.3, 0.4) is 0 Å². The number of carbonyl (C=O) groups excluding carboxylic acids is 2. The fourth-order valence-electron chi connectivity index (χ4n) is 3.01. The van der Waals surface area contributed by atoms with Crippen molar-refractivity contribution >= 4 is 40.7 Å². The largest absolute Gasteiger partial charge is 0.366 e. The van der Waals surface area contributed by atoms with E-state index >= 15 is 0 Å². The molecule has 124 valence electrons. The maximum Gasteiger partial charge on any atom is 0.234 e. The normalized spacial score (nSPS) is 24.5. The Bertz CT molecular complexity index is 682. The number of rotatable bonds is 2. The molecule has 8 heteroatoms. The van der Waals surface area contributed by atoms with Gasteiger partial charge in [-0.15, -0.1) is 0 Å². The Labute approximate surface area is 141 Å². The molecule has 0 aromatic heterocycles. The van der Waals surface area contributed by atoms with Gasteiger partial charge in [0, 0.05) is 24.6 Å². The van der Waals surface area contributed by atoms with E-state index in [0.29, 0.717) is 6.54 Å². The van der Waals surface area contributed by atoms with Crippen molar-refractivity contribution in [3.8, 4) is 0 Å².